The fraction of sp³-hybridized carbons (Fsp3) is 0.0667. The van der Waals surface area contributed by atoms with Crippen molar-refractivity contribution in [3.05, 3.63) is 51.1 Å². The number of nitrogens with zero attached hydrogens (tertiary/aromatic N) is 1. The first kappa shape index (κ1) is 15.7. The van der Waals surface area contributed by atoms with Crippen LogP contribution in [0.5, 0.6) is 0 Å². The molecular formula is C15H11BrN2OS3. The van der Waals surface area contributed by atoms with E-state index in [9.17, 15) is 4.79 Å². The van der Waals surface area contributed by atoms with Crippen LogP contribution < -0.4 is 5.32 Å². The predicted molar refractivity (Wildman–Crippen MR) is 99.3 cm³/mol. The van der Waals surface area contributed by atoms with Crippen molar-refractivity contribution in [1.29, 1.82) is 0 Å². The average molecular weight is 411 g/mol. The fourth-order valence-corrected chi connectivity index (χ4v) is 4.62. The minimum atomic E-state index is -0.127. The SMILES string of the molecule is CSc1ccccc1C(=O)Nc1nc(-c2ccc(Br)s2)cs1. The van der Waals surface area contributed by atoms with Crippen molar-refractivity contribution in [2.75, 3.05) is 11.6 Å². The maximum Gasteiger partial charge on any atom is 0.258 e. The summed E-state index contributed by atoms with van der Waals surface area (Å²) in [5.74, 6) is -0.127. The summed E-state index contributed by atoms with van der Waals surface area (Å²) in [5.41, 5.74) is 1.56. The van der Waals surface area contributed by atoms with E-state index in [1.165, 1.54) is 11.3 Å². The first-order chi connectivity index (χ1) is 10.7. The number of thioether (sulfide) groups is 1. The van der Waals surface area contributed by atoms with Gasteiger partial charge in [-0.05, 0) is 46.5 Å². The molecule has 3 rings (SSSR count). The van der Waals surface area contributed by atoms with Crippen LogP contribution in [0.2, 0.25) is 0 Å². The van der Waals surface area contributed by atoms with E-state index in [1.54, 1.807) is 23.1 Å². The Bertz CT molecular complexity index is 812. The molecule has 0 spiro atoms. The van der Waals surface area contributed by atoms with E-state index < -0.39 is 0 Å². The van der Waals surface area contributed by atoms with Gasteiger partial charge in [0.05, 0.1) is 19.9 Å². The van der Waals surface area contributed by atoms with E-state index in [0.717, 1.165) is 19.3 Å². The number of hydrogen-bond acceptors (Lipinski definition) is 5. The Hall–Kier alpha value is -1.15. The van der Waals surface area contributed by atoms with E-state index in [1.807, 2.05) is 48.0 Å². The molecule has 2 aromatic heterocycles. The molecule has 0 saturated carbocycles. The van der Waals surface area contributed by atoms with Crippen LogP contribution in [-0.2, 0) is 0 Å². The predicted octanol–water partition coefficient (Wildman–Crippen LogP) is 5.61. The van der Waals surface area contributed by atoms with Crippen LogP contribution in [0.15, 0.2) is 50.5 Å². The molecule has 0 fully saturated rings. The maximum atomic E-state index is 12.4. The molecule has 112 valence electrons. The number of amides is 1. The van der Waals surface area contributed by atoms with Gasteiger partial charge >= 0.3 is 0 Å². The second-order valence-electron chi connectivity index (χ2n) is 4.30. The molecule has 0 unspecified atom stereocenters. The summed E-state index contributed by atoms with van der Waals surface area (Å²) in [6, 6.07) is 11.6. The lowest BCUT2D eigenvalue weighted by Crippen LogP contribution is -2.12. The minimum absolute atomic E-state index is 0.127. The van der Waals surface area contributed by atoms with Crippen molar-refractivity contribution in [1.82, 2.24) is 4.98 Å². The van der Waals surface area contributed by atoms with Gasteiger partial charge in [-0.25, -0.2) is 4.98 Å². The quantitative estimate of drug-likeness (QED) is 0.568. The van der Waals surface area contributed by atoms with Crippen LogP contribution in [0, 0.1) is 0 Å². The van der Waals surface area contributed by atoms with Crippen LogP contribution in [0.3, 0.4) is 0 Å². The van der Waals surface area contributed by atoms with Gasteiger partial charge in [0.25, 0.3) is 5.91 Å². The highest BCUT2D eigenvalue weighted by Crippen LogP contribution is 2.33. The van der Waals surface area contributed by atoms with Gasteiger partial charge in [-0.3, -0.25) is 10.1 Å². The average Bonchev–Trinajstić information content (AvgIpc) is 3.16. The van der Waals surface area contributed by atoms with E-state index in [2.05, 4.69) is 26.2 Å². The summed E-state index contributed by atoms with van der Waals surface area (Å²) >= 11 is 8.05. The molecule has 0 atom stereocenters. The van der Waals surface area contributed by atoms with E-state index in [-0.39, 0.29) is 5.91 Å². The van der Waals surface area contributed by atoms with Gasteiger partial charge in [0.15, 0.2) is 5.13 Å². The number of hydrogen-bond donors (Lipinski definition) is 1. The summed E-state index contributed by atoms with van der Waals surface area (Å²) in [4.78, 5) is 18.9. The molecule has 7 heteroatoms. The van der Waals surface area contributed by atoms with Crippen molar-refractivity contribution >= 4 is 61.4 Å². The van der Waals surface area contributed by atoms with Crippen molar-refractivity contribution < 1.29 is 4.79 Å². The molecular weight excluding hydrogens is 400 g/mol. The molecule has 1 N–H and O–H groups in total. The lowest BCUT2D eigenvalue weighted by atomic mass is 10.2. The summed E-state index contributed by atoms with van der Waals surface area (Å²) in [5, 5.41) is 5.44. The van der Waals surface area contributed by atoms with Crippen molar-refractivity contribution in [2.45, 2.75) is 4.90 Å². The normalized spacial score (nSPS) is 10.6. The zero-order valence-corrected chi connectivity index (χ0v) is 15.5. The second kappa shape index (κ2) is 6.95. The Kier molecular flexibility index (Phi) is 4.97. The van der Waals surface area contributed by atoms with Crippen LogP contribution in [0.1, 0.15) is 10.4 Å². The number of thiazole rings is 1. The summed E-state index contributed by atoms with van der Waals surface area (Å²) in [6.45, 7) is 0. The number of carbonyl (C=O) groups excluding carboxylic acids is 1. The van der Waals surface area contributed by atoms with Crippen LogP contribution >= 0.6 is 50.4 Å². The Morgan fingerprint density at radius 3 is 2.82 bits per heavy atom. The largest absolute Gasteiger partial charge is 0.298 e. The fourth-order valence-electron chi connectivity index (χ4n) is 1.89. The van der Waals surface area contributed by atoms with Gasteiger partial charge in [0.2, 0.25) is 0 Å². The highest BCUT2D eigenvalue weighted by atomic mass is 79.9. The highest BCUT2D eigenvalue weighted by Gasteiger charge is 2.13. The first-order valence-electron chi connectivity index (χ1n) is 6.33. The lowest BCUT2D eigenvalue weighted by molar-refractivity contribution is 0.102. The lowest BCUT2D eigenvalue weighted by Gasteiger charge is -2.06. The minimum Gasteiger partial charge on any atom is -0.298 e. The molecule has 0 saturated heterocycles. The number of nitrogens with one attached hydrogen (secondary N) is 1. The molecule has 0 aliphatic heterocycles. The van der Waals surface area contributed by atoms with Crippen molar-refractivity contribution in [2.24, 2.45) is 0 Å². The van der Waals surface area contributed by atoms with Gasteiger partial charge in [-0.1, -0.05) is 12.1 Å². The second-order valence-corrected chi connectivity index (χ2v) is 8.47. The third-order valence-corrected chi connectivity index (χ3v) is 6.10. The zero-order valence-electron chi connectivity index (χ0n) is 11.5. The number of aromatic nitrogens is 1. The smallest absolute Gasteiger partial charge is 0.258 e. The van der Waals surface area contributed by atoms with Crippen LogP contribution in [-0.4, -0.2) is 17.1 Å². The first-order valence-corrected chi connectivity index (χ1v) is 10.0. The number of rotatable bonds is 4. The van der Waals surface area contributed by atoms with Gasteiger partial charge in [-0.15, -0.1) is 34.4 Å². The number of carbonyl (C=O) groups is 1. The molecule has 3 nitrogen and oxygen atoms in total. The Morgan fingerprint density at radius 1 is 1.27 bits per heavy atom. The Morgan fingerprint density at radius 2 is 2.09 bits per heavy atom. The van der Waals surface area contributed by atoms with Gasteiger partial charge in [0, 0.05) is 10.3 Å². The molecule has 2 heterocycles. The van der Waals surface area contributed by atoms with Gasteiger partial charge in [-0.2, -0.15) is 0 Å². The Labute approximate surface area is 148 Å². The molecule has 0 aliphatic rings. The molecule has 1 amide bonds. The Balaban J connectivity index is 1.79. The monoisotopic (exact) mass is 410 g/mol. The maximum absolute atomic E-state index is 12.4. The number of anilines is 1. The molecule has 3 aromatic rings. The van der Waals surface area contributed by atoms with Crippen molar-refractivity contribution in [3.63, 3.8) is 0 Å². The topological polar surface area (TPSA) is 42.0 Å². The molecule has 22 heavy (non-hydrogen) atoms. The van der Waals surface area contributed by atoms with Crippen molar-refractivity contribution in [3.8, 4) is 10.6 Å². The standard InChI is InChI=1S/C15H11BrN2OS3/c1-20-11-5-3-2-4-9(11)14(19)18-15-17-10(8-21-15)12-6-7-13(16)22-12/h2-8H,1H3,(H,17,18,19). The molecule has 1 aromatic carbocycles. The van der Waals surface area contributed by atoms with E-state index in [4.69, 9.17) is 0 Å². The third-order valence-electron chi connectivity index (χ3n) is 2.90. The van der Waals surface area contributed by atoms with Crippen LogP contribution in [0.25, 0.3) is 10.6 Å². The van der Waals surface area contributed by atoms with E-state index in [0.29, 0.717) is 10.7 Å². The molecule has 0 radical (unpaired) electrons. The third kappa shape index (κ3) is 3.43. The van der Waals surface area contributed by atoms with Crippen LogP contribution in [0.4, 0.5) is 5.13 Å². The molecule has 0 bridgehead atoms. The van der Waals surface area contributed by atoms with E-state index >= 15 is 0 Å². The number of halogens is 1. The summed E-state index contributed by atoms with van der Waals surface area (Å²) < 4.78 is 1.06. The number of thiophene rings is 1. The highest BCUT2D eigenvalue weighted by molar-refractivity contribution is 9.11. The molecule has 0 aliphatic carbocycles. The van der Waals surface area contributed by atoms with Gasteiger partial charge in [0.1, 0.15) is 0 Å². The zero-order chi connectivity index (χ0) is 15.5. The summed E-state index contributed by atoms with van der Waals surface area (Å²) in [6.07, 6.45) is 1.96. The number of benzene rings is 1. The summed E-state index contributed by atoms with van der Waals surface area (Å²) in [7, 11) is 0. The van der Waals surface area contributed by atoms with Gasteiger partial charge < -0.3 is 0 Å².